The first-order valence-electron chi connectivity index (χ1n) is 5.92. The van der Waals surface area contributed by atoms with Crippen LogP contribution in [0.25, 0.3) is 0 Å². The third-order valence-electron chi connectivity index (χ3n) is 2.59. The van der Waals surface area contributed by atoms with Crippen LogP contribution >= 0.6 is 0 Å². The van der Waals surface area contributed by atoms with Crippen LogP contribution in [-0.4, -0.2) is 53.0 Å². The van der Waals surface area contributed by atoms with E-state index in [-0.39, 0.29) is 18.1 Å². The molecule has 0 unspecified atom stereocenters. The molecule has 8 nitrogen and oxygen atoms in total. The lowest BCUT2D eigenvalue weighted by Crippen LogP contribution is -2.40. The molecule has 0 fully saturated rings. The zero-order valence-corrected chi connectivity index (χ0v) is 13.9. The topological polar surface area (TPSA) is 119 Å². The van der Waals surface area contributed by atoms with E-state index in [2.05, 4.69) is 8.91 Å². The second kappa shape index (κ2) is 7.14. The van der Waals surface area contributed by atoms with Crippen molar-refractivity contribution in [1.82, 2.24) is 4.72 Å². The van der Waals surface area contributed by atoms with Crippen LogP contribution in [0.5, 0.6) is 0 Å². The van der Waals surface area contributed by atoms with Gasteiger partial charge in [-0.1, -0.05) is 20.8 Å². The minimum atomic E-state index is -4.60. The first-order valence-corrected chi connectivity index (χ1v) is 9.18. The van der Waals surface area contributed by atoms with Gasteiger partial charge in [0, 0.05) is 6.54 Å². The van der Waals surface area contributed by atoms with E-state index in [1.54, 1.807) is 6.92 Å². The average molecular weight is 333 g/mol. The summed E-state index contributed by atoms with van der Waals surface area (Å²) < 4.78 is 63.8. The van der Waals surface area contributed by atoms with E-state index in [9.17, 15) is 16.8 Å². The number of rotatable bonds is 8. The van der Waals surface area contributed by atoms with E-state index in [1.165, 1.54) is 0 Å². The van der Waals surface area contributed by atoms with Gasteiger partial charge in [0.1, 0.15) is 0 Å². The van der Waals surface area contributed by atoms with Crippen LogP contribution in [0.15, 0.2) is 0 Å². The van der Waals surface area contributed by atoms with Gasteiger partial charge in [-0.25, -0.2) is 17.3 Å². The van der Waals surface area contributed by atoms with Crippen LogP contribution in [0.4, 0.5) is 0 Å². The first-order chi connectivity index (χ1) is 8.71. The summed E-state index contributed by atoms with van der Waals surface area (Å²) >= 11 is 0. The smallest absolute Gasteiger partial charge is 0.371 e. The third-order valence-corrected chi connectivity index (χ3v) is 3.72. The molecule has 20 heavy (non-hydrogen) atoms. The summed E-state index contributed by atoms with van der Waals surface area (Å²) in [6.07, 6.45) is -0.152. The van der Waals surface area contributed by atoms with E-state index >= 15 is 0 Å². The highest BCUT2D eigenvalue weighted by Gasteiger charge is 2.26. The fraction of sp³-hybridized carbons (Fsp3) is 1.00. The van der Waals surface area contributed by atoms with Crippen LogP contribution in [0.1, 0.15) is 27.7 Å². The van der Waals surface area contributed by atoms with Gasteiger partial charge in [-0.15, -0.1) is 0 Å². The Morgan fingerprint density at radius 3 is 2.05 bits per heavy atom. The van der Waals surface area contributed by atoms with Crippen molar-refractivity contribution in [1.29, 1.82) is 0 Å². The zero-order chi connectivity index (χ0) is 16.2. The van der Waals surface area contributed by atoms with Crippen molar-refractivity contribution in [3.63, 3.8) is 0 Å². The van der Waals surface area contributed by atoms with Crippen molar-refractivity contribution in [2.75, 3.05) is 19.4 Å². The summed E-state index contributed by atoms with van der Waals surface area (Å²) in [6, 6.07) is 0. The zero-order valence-electron chi connectivity index (χ0n) is 12.3. The van der Waals surface area contributed by atoms with Gasteiger partial charge in [0.15, 0.2) is 0 Å². The second-order valence-electron chi connectivity index (χ2n) is 5.60. The number of hydrogen-bond donors (Lipinski definition) is 2. The quantitative estimate of drug-likeness (QED) is 0.608. The molecule has 0 bridgehead atoms. The van der Waals surface area contributed by atoms with Gasteiger partial charge in [0.25, 0.3) is 0 Å². The van der Waals surface area contributed by atoms with Crippen molar-refractivity contribution in [3.8, 4) is 0 Å². The monoisotopic (exact) mass is 333 g/mol. The molecule has 0 aliphatic carbocycles. The van der Waals surface area contributed by atoms with Gasteiger partial charge in [-0.05, 0) is 12.3 Å². The number of hydrogen-bond acceptors (Lipinski definition) is 6. The second-order valence-corrected chi connectivity index (χ2v) is 8.52. The predicted octanol–water partition coefficient (Wildman–Crippen LogP) is 0.175. The lowest BCUT2D eigenvalue weighted by molar-refractivity contribution is -0.0680. The summed E-state index contributed by atoms with van der Waals surface area (Å²) in [5.74, 6) is 0. The molecule has 0 aromatic rings. The molecule has 0 spiro atoms. The molecule has 0 aromatic carbocycles. The van der Waals surface area contributed by atoms with Crippen LogP contribution in [0, 0.1) is 5.41 Å². The molecule has 2 atom stereocenters. The summed E-state index contributed by atoms with van der Waals surface area (Å²) in [5, 5.41) is 0. The summed E-state index contributed by atoms with van der Waals surface area (Å²) in [5.41, 5.74) is -0.221. The van der Waals surface area contributed by atoms with E-state index < -0.39 is 33.1 Å². The molecule has 0 aliphatic heterocycles. The maximum atomic E-state index is 11.0. The van der Waals surface area contributed by atoms with Crippen LogP contribution in [-0.2, 0) is 29.3 Å². The number of ether oxygens (including phenoxy) is 1. The minimum Gasteiger partial charge on any atom is -0.371 e. The van der Waals surface area contributed by atoms with E-state index in [0.717, 1.165) is 6.26 Å². The average Bonchev–Trinajstić information content (AvgIpc) is 2.17. The summed E-state index contributed by atoms with van der Waals surface area (Å²) in [4.78, 5) is 0. The van der Waals surface area contributed by atoms with Crippen LogP contribution in [0.2, 0.25) is 0 Å². The Kier molecular flexibility index (Phi) is 7.05. The Morgan fingerprint density at radius 2 is 1.70 bits per heavy atom. The van der Waals surface area contributed by atoms with Crippen LogP contribution in [0.3, 0.4) is 0 Å². The normalized spacial score (nSPS) is 16.9. The lowest BCUT2D eigenvalue weighted by Gasteiger charge is -2.31. The SMILES string of the molecule is C[C@H](O[C@@H](CNS(C)(=O)=O)COS(=O)(=O)O)C(C)(C)C. The lowest BCUT2D eigenvalue weighted by atomic mass is 9.90. The predicted molar refractivity (Wildman–Crippen MR) is 74.1 cm³/mol. The molecule has 0 saturated carbocycles. The molecule has 0 aliphatic rings. The molecular weight excluding hydrogens is 310 g/mol. The Hall–Kier alpha value is -0.260. The molecule has 0 saturated heterocycles. The summed E-state index contributed by atoms with van der Waals surface area (Å²) in [6.45, 7) is 6.89. The molecule has 0 rings (SSSR count). The molecule has 0 aromatic heterocycles. The van der Waals surface area contributed by atoms with Crippen molar-refractivity contribution < 1.29 is 30.3 Å². The van der Waals surface area contributed by atoms with E-state index in [4.69, 9.17) is 9.29 Å². The molecular formula is C10H23NO7S2. The maximum Gasteiger partial charge on any atom is 0.397 e. The van der Waals surface area contributed by atoms with E-state index in [0.29, 0.717) is 0 Å². The summed E-state index contributed by atoms with van der Waals surface area (Å²) in [7, 11) is -8.04. The van der Waals surface area contributed by atoms with Gasteiger partial charge in [-0.2, -0.15) is 8.42 Å². The molecule has 122 valence electrons. The van der Waals surface area contributed by atoms with Gasteiger partial charge in [0.2, 0.25) is 10.0 Å². The Morgan fingerprint density at radius 1 is 1.20 bits per heavy atom. The van der Waals surface area contributed by atoms with Crippen molar-refractivity contribution in [3.05, 3.63) is 0 Å². The highest BCUT2D eigenvalue weighted by Crippen LogP contribution is 2.22. The first kappa shape index (κ1) is 19.7. The standard InChI is InChI=1S/C10H23NO7S2/c1-8(10(2,3)4)18-9(6-11-19(5,12)13)7-17-20(14,15)16/h8-9,11H,6-7H2,1-5H3,(H,14,15,16)/t8-,9-/m0/s1. The van der Waals surface area contributed by atoms with Gasteiger partial charge < -0.3 is 4.74 Å². The molecule has 0 heterocycles. The minimum absolute atomic E-state index is 0.158. The van der Waals surface area contributed by atoms with Crippen LogP contribution < -0.4 is 4.72 Å². The molecule has 10 heteroatoms. The fourth-order valence-corrected chi connectivity index (χ4v) is 1.86. The Balaban J connectivity index is 4.70. The molecule has 0 amide bonds. The number of nitrogens with one attached hydrogen (secondary N) is 1. The van der Waals surface area contributed by atoms with Gasteiger partial charge in [0.05, 0.1) is 25.1 Å². The third kappa shape index (κ3) is 10.5. The fourth-order valence-electron chi connectivity index (χ4n) is 1.05. The highest BCUT2D eigenvalue weighted by atomic mass is 32.3. The molecule has 2 N–H and O–H groups in total. The maximum absolute atomic E-state index is 11.0. The largest absolute Gasteiger partial charge is 0.397 e. The highest BCUT2D eigenvalue weighted by molar-refractivity contribution is 7.88. The molecule has 0 radical (unpaired) electrons. The Labute approximate surface area is 120 Å². The number of sulfonamides is 1. The van der Waals surface area contributed by atoms with Crippen molar-refractivity contribution in [2.45, 2.75) is 39.9 Å². The van der Waals surface area contributed by atoms with Crippen molar-refractivity contribution >= 4 is 20.4 Å². The van der Waals surface area contributed by atoms with Crippen molar-refractivity contribution in [2.24, 2.45) is 5.41 Å². The van der Waals surface area contributed by atoms with E-state index in [1.807, 2.05) is 20.8 Å². The Bertz CT molecular complexity index is 456. The van der Waals surface area contributed by atoms with Gasteiger partial charge >= 0.3 is 10.4 Å². The van der Waals surface area contributed by atoms with Gasteiger partial charge in [-0.3, -0.25) is 4.55 Å².